The second kappa shape index (κ2) is 6.02. The van der Waals surface area contributed by atoms with Crippen molar-refractivity contribution in [1.29, 1.82) is 0 Å². The molecule has 2 aromatic rings. The van der Waals surface area contributed by atoms with Crippen LogP contribution in [0.5, 0.6) is 0 Å². The van der Waals surface area contributed by atoms with E-state index < -0.39 is 0 Å². The first-order valence-electron chi connectivity index (χ1n) is 6.47. The lowest BCUT2D eigenvalue weighted by Crippen LogP contribution is -2.06. The zero-order valence-corrected chi connectivity index (χ0v) is 11.9. The van der Waals surface area contributed by atoms with E-state index in [0.29, 0.717) is 11.6 Å². The summed E-state index contributed by atoms with van der Waals surface area (Å²) in [5.74, 6) is 0. The summed E-state index contributed by atoms with van der Waals surface area (Å²) in [6, 6.07) is 7.71. The van der Waals surface area contributed by atoms with E-state index >= 15 is 0 Å². The molecule has 0 spiro atoms. The number of aryl methyl sites for hydroxylation is 1. The predicted octanol–water partition coefficient (Wildman–Crippen LogP) is 3.52. The molecule has 4 heteroatoms. The van der Waals surface area contributed by atoms with E-state index in [1.165, 1.54) is 0 Å². The first-order chi connectivity index (χ1) is 9.19. The second-order valence-corrected chi connectivity index (χ2v) is 4.86. The molecule has 0 amide bonds. The standard InChI is InChI=1S/C15H17ClN2O/c1-3-14-13(10-19)15(4-2)18(17-14)9-11-6-5-7-12(16)8-11/h5-8,10H,3-4,9H2,1-2H3. The lowest BCUT2D eigenvalue weighted by Gasteiger charge is -2.06. The summed E-state index contributed by atoms with van der Waals surface area (Å²) in [4.78, 5) is 11.2. The van der Waals surface area contributed by atoms with Crippen LogP contribution in [-0.2, 0) is 19.4 Å². The Bertz CT molecular complexity index is 590. The Labute approximate surface area is 118 Å². The van der Waals surface area contributed by atoms with Crippen molar-refractivity contribution in [3.05, 3.63) is 51.8 Å². The number of carbonyl (C=O) groups is 1. The van der Waals surface area contributed by atoms with E-state index in [-0.39, 0.29) is 0 Å². The molecule has 0 N–H and O–H groups in total. The quantitative estimate of drug-likeness (QED) is 0.783. The average Bonchev–Trinajstić information content (AvgIpc) is 2.75. The number of hydrogen-bond acceptors (Lipinski definition) is 2. The van der Waals surface area contributed by atoms with E-state index in [2.05, 4.69) is 5.10 Å². The van der Waals surface area contributed by atoms with Crippen LogP contribution in [0, 0.1) is 0 Å². The van der Waals surface area contributed by atoms with Gasteiger partial charge in [-0.15, -0.1) is 0 Å². The second-order valence-electron chi connectivity index (χ2n) is 4.42. The number of carbonyl (C=O) groups excluding carboxylic acids is 1. The topological polar surface area (TPSA) is 34.9 Å². The minimum absolute atomic E-state index is 0.643. The summed E-state index contributed by atoms with van der Waals surface area (Å²) < 4.78 is 1.91. The number of hydrogen-bond donors (Lipinski definition) is 0. The molecular weight excluding hydrogens is 260 g/mol. The molecule has 0 aliphatic heterocycles. The van der Waals surface area contributed by atoms with Crippen LogP contribution in [0.2, 0.25) is 5.02 Å². The molecule has 2 rings (SSSR count). The Hall–Kier alpha value is -1.61. The molecule has 0 aliphatic carbocycles. The smallest absolute Gasteiger partial charge is 0.153 e. The van der Waals surface area contributed by atoms with Gasteiger partial charge in [0.05, 0.1) is 17.8 Å². The Morgan fingerprint density at radius 3 is 2.68 bits per heavy atom. The first kappa shape index (κ1) is 13.8. The lowest BCUT2D eigenvalue weighted by atomic mass is 10.1. The molecule has 3 nitrogen and oxygen atoms in total. The molecule has 0 fully saturated rings. The van der Waals surface area contributed by atoms with Gasteiger partial charge in [-0.25, -0.2) is 0 Å². The highest BCUT2D eigenvalue weighted by Crippen LogP contribution is 2.17. The van der Waals surface area contributed by atoms with Crippen LogP contribution in [0.25, 0.3) is 0 Å². The van der Waals surface area contributed by atoms with Crippen molar-refractivity contribution in [3.8, 4) is 0 Å². The van der Waals surface area contributed by atoms with Gasteiger partial charge < -0.3 is 0 Å². The van der Waals surface area contributed by atoms with Gasteiger partial charge in [-0.1, -0.05) is 37.6 Å². The molecule has 1 heterocycles. The van der Waals surface area contributed by atoms with Crippen LogP contribution in [0.1, 0.15) is 41.2 Å². The summed E-state index contributed by atoms with van der Waals surface area (Å²) >= 11 is 5.99. The van der Waals surface area contributed by atoms with E-state index in [4.69, 9.17) is 11.6 Å². The van der Waals surface area contributed by atoms with Gasteiger partial charge in [0, 0.05) is 10.7 Å². The number of halogens is 1. The van der Waals surface area contributed by atoms with Crippen LogP contribution in [-0.4, -0.2) is 16.1 Å². The van der Waals surface area contributed by atoms with Gasteiger partial charge in [0.1, 0.15) is 0 Å². The van der Waals surface area contributed by atoms with E-state index in [1.54, 1.807) is 0 Å². The Kier molecular flexibility index (Phi) is 4.38. The van der Waals surface area contributed by atoms with Crippen molar-refractivity contribution in [2.24, 2.45) is 0 Å². The van der Waals surface area contributed by atoms with Crippen LogP contribution in [0.15, 0.2) is 24.3 Å². The number of rotatable bonds is 5. The van der Waals surface area contributed by atoms with Gasteiger partial charge in [-0.05, 0) is 30.5 Å². The number of aldehydes is 1. The van der Waals surface area contributed by atoms with Gasteiger partial charge >= 0.3 is 0 Å². The molecule has 0 bridgehead atoms. The molecule has 0 unspecified atom stereocenters. The highest BCUT2D eigenvalue weighted by atomic mass is 35.5. The predicted molar refractivity (Wildman–Crippen MR) is 76.9 cm³/mol. The van der Waals surface area contributed by atoms with Gasteiger partial charge in [-0.2, -0.15) is 5.10 Å². The summed E-state index contributed by atoms with van der Waals surface area (Å²) in [6.45, 7) is 4.70. The van der Waals surface area contributed by atoms with Crippen LogP contribution in [0.3, 0.4) is 0 Å². The van der Waals surface area contributed by atoms with Gasteiger partial charge in [0.15, 0.2) is 6.29 Å². The first-order valence-corrected chi connectivity index (χ1v) is 6.85. The number of benzene rings is 1. The molecule has 19 heavy (non-hydrogen) atoms. The maximum absolute atomic E-state index is 11.2. The molecule has 0 atom stereocenters. The highest BCUT2D eigenvalue weighted by Gasteiger charge is 2.14. The summed E-state index contributed by atoms with van der Waals surface area (Å²) in [6.07, 6.45) is 2.48. The zero-order valence-electron chi connectivity index (χ0n) is 11.2. The minimum atomic E-state index is 0.643. The SMILES string of the molecule is CCc1nn(Cc2cccc(Cl)c2)c(CC)c1C=O. The van der Waals surface area contributed by atoms with Gasteiger partial charge in [0.25, 0.3) is 0 Å². The van der Waals surface area contributed by atoms with Crippen molar-refractivity contribution in [3.63, 3.8) is 0 Å². The Balaban J connectivity index is 2.39. The molecular formula is C15H17ClN2O. The van der Waals surface area contributed by atoms with Crippen molar-refractivity contribution >= 4 is 17.9 Å². The molecule has 0 radical (unpaired) electrons. The maximum atomic E-state index is 11.2. The minimum Gasteiger partial charge on any atom is -0.298 e. The number of nitrogens with zero attached hydrogens (tertiary/aromatic N) is 2. The van der Waals surface area contributed by atoms with E-state index in [9.17, 15) is 4.79 Å². The molecule has 0 saturated heterocycles. The maximum Gasteiger partial charge on any atom is 0.153 e. The average molecular weight is 277 g/mol. The summed E-state index contributed by atoms with van der Waals surface area (Å²) in [5, 5.41) is 5.25. The molecule has 1 aromatic carbocycles. The third-order valence-electron chi connectivity index (χ3n) is 3.18. The zero-order chi connectivity index (χ0) is 13.8. The lowest BCUT2D eigenvalue weighted by molar-refractivity contribution is 0.112. The third-order valence-corrected chi connectivity index (χ3v) is 3.42. The Morgan fingerprint density at radius 1 is 1.32 bits per heavy atom. The highest BCUT2D eigenvalue weighted by molar-refractivity contribution is 6.30. The summed E-state index contributed by atoms with van der Waals surface area (Å²) in [7, 11) is 0. The number of aromatic nitrogens is 2. The van der Waals surface area contributed by atoms with Crippen LogP contribution < -0.4 is 0 Å². The fourth-order valence-electron chi connectivity index (χ4n) is 2.27. The third kappa shape index (κ3) is 2.87. The molecule has 1 aromatic heterocycles. The summed E-state index contributed by atoms with van der Waals surface area (Å²) in [5.41, 5.74) is 3.69. The largest absolute Gasteiger partial charge is 0.298 e. The molecule has 0 aliphatic rings. The normalized spacial score (nSPS) is 10.7. The monoisotopic (exact) mass is 276 g/mol. The van der Waals surface area contributed by atoms with E-state index in [0.717, 1.165) is 41.6 Å². The van der Waals surface area contributed by atoms with Crippen molar-refractivity contribution in [1.82, 2.24) is 9.78 Å². The fraction of sp³-hybridized carbons (Fsp3) is 0.333. The molecule has 100 valence electrons. The van der Waals surface area contributed by atoms with Crippen molar-refractivity contribution in [2.45, 2.75) is 33.2 Å². The van der Waals surface area contributed by atoms with E-state index in [1.807, 2.05) is 42.8 Å². The molecule has 0 saturated carbocycles. The van der Waals surface area contributed by atoms with Crippen molar-refractivity contribution < 1.29 is 4.79 Å². The van der Waals surface area contributed by atoms with Gasteiger partial charge in [-0.3, -0.25) is 9.48 Å². The van der Waals surface area contributed by atoms with Crippen molar-refractivity contribution in [2.75, 3.05) is 0 Å². The Morgan fingerprint density at radius 2 is 2.11 bits per heavy atom. The fourth-order valence-corrected chi connectivity index (χ4v) is 2.49. The van der Waals surface area contributed by atoms with Crippen LogP contribution in [0.4, 0.5) is 0 Å². The van der Waals surface area contributed by atoms with Gasteiger partial charge in [0.2, 0.25) is 0 Å². The van der Waals surface area contributed by atoms with Crippen LogP contribution >= 0.6 is 11.6 Å².